The number of rotatable bonds is 8. The third kappa shape index (κ3) is 8.04. The molecule has 0 saturated heterocycles. The van der Waals surface area contributed by atoms with Crippen molar-refractivity contribution >= 4 is 41.5 Å². The maximum absolute atomic E-state index is 5.95. The van der Waals surface area contributed by atoms with Gasteiger partial charge in [-0.1, -0.05) is 42.7 Å². The lowest BCUT2D eigenvalue weighted by atomic mass is 10.2. The van der Waals surface area contributed by atoms with E-state index >= 15 is 0 Å². The van der Waals surface area contributed by atoms with Crippen molar-refractivity contribution < 1.29 is 4.52 Å². The first kappa shape index (κ1) is 23.7. The van der Waals surface area contributed by atoms with Gasteiger partial charge >= 0.3 is 0 Å². The van der Waals surface area contributed by atoms with E-state index in [9.17, 15) is 0 Å². The van der Waals surface area contributed by atoms with Gasteiger partial charge in [0.2, 0.25) is 5.89 Å². The van der Waals surface area contributed by atoms with Crippen molar-refractivity contribution in [3.05, 3.63) is 46.6 Å². The highest BCUT2D eigenvalue weighted by Crippen LogP contribution is 2.12. The number of guanidine groups is 1. The summed E-state index contributed by atoms with van der Waals surface area (Å²) in [6.45, 7) is 8.47. The van der Waals surface area contributed by atoms with Crippen LogP contribution in [0.15, 0.2) is 33.8 Å². The minimum atomic E-state index is 0. The third-order valence-electron chi connectivity index (χ3n) is 3.84. The molecule has 150 valence electrons. The Kier molecular flexibility index (Phi) is 10.7. The van der Waals surface area contributed by atoms with Crippen molar-refractivity contribution in [2.24, 2.45) is 4.99 Å². The molecule has 2 aromatic rings. The fourth-order valence-corrected chi connectivity index (χ4v) is 2.55. The highest BCUT2D eigenvalue weighted by molar-refractivity contribution is 14.0. The molecule has 0 radical (unpaired) electrons. The smallest absolute Gasteiger partial charge is 0.226 e. The fraction of sp³-hybridized carbons (Fsp3) is 0.526. The molecule has 0 aliphatic heterocycles. The second-order valence-electron chi connectivity index (χ2n) is 6.52. The van der Waals surface area contributed by atoms with Gasteiger partial charge in [0.15, 0.2) is 11.8 Å². The van der Waals surface area contributed by atoms with Crippen molar-refractivity contribution in [2.75, 3.05) is 20.1 Å². The molecule has 0 aliphatic carbocycles. The summed E-state index contributed by atoms with van der Waals surface area (Å²) in [4.78, 5) is 11.2. The van der Waals surface area contributed by atoms with Crippen LogP contribution in [-0.2, 0) is 13.0 Å². The first-order chi connectivity index (χ1) is 12.5. The molecule has 0 spiro atoms. The molecule has 1 aromatic heterocycles. The van der Waals surface area contributed by atoms with Gasteiger partial charge in [0.05, 0.1) is 0 Å². The molecular formula is C19H29ClIN5O. The van der Waals surface area contributed by atoms with Gasteiger partial charge in [0.1, 0.15) is 0 Å². The number of nitrogens with zero attached hydrogens (tertiary/aromatic N) is 4. The minimum Gasteiger partial charge on any atom is -0.357 e. The van der Waals surface area contributed by atoms with E-state index in [1.807, 2.05) is 31.3 Å². The van der Waals surface area contributed by atoms with Gasteiger partial charge < -0.3 is 14.7 Å². The number of nitrogens with one attached hydrogen (secondary N) is 1. The zero-order chi connectivity index (χ0) is 18.9. The predicted octanol–water partition coefficient (Wildman–Crippen LogP) is 4.49. The van der Waals surface area contributed by atoms with Crippen molar-refractivity contribution in [2.45, 2.75) is 46.1 Å². The van der Waals surface area contributed by atoms with Crippen LogP contribution in [-0.4, -0.2) is 41.1 Å². The molecule has 0 amide bonds. The van der Waals surface area contributed by atoms with E-state index in [1.54, 1.807) is 0 Å². The van der Waals surface area contributed by atoms with Crippen LogP contribution in [0.2, 0.25) is 5.02 Å². The van der Waals surface area contributed by atoms with Crippen LogP contribution < -0.4 is 5.32 Å². The summed E-state index contributed by atoms with van der Waals surface area (Å²) >= 11 is 5.95. The van der Waals surface area contributed by atoms with Crippen LogP contribution in [0.3, 0.4) is 0 Å². The van der Waals surface area contributed by atoms with E-state index in [0.717, 1.165) is 42.7 Å². The van der Waals surface area contributed by atoms with E-state index in [4.69, 9.17) is 21.1 Å². The number of halogens is 2. The summed E-state index contributed by atoms with van der Waals surface area (Å²) in [5, 5.41) is 8.07. The number of hydrogen-bond donors (Lipinski definition) is 1. The van der Waals surface area contributed by atoms with E-state index < -0.39 is 0 Å². The second kappa shape index (κ2) is 12.2. The molecule has 6 nitrogen and oxygen atoms in total. The largest absolute Gasteiger partial charge is 0.357 e. The molecule has 8 heteroatoms. The van der Waals surface area contributed by atoms with E-state index in [-0.39, 0.29) is 29.9 Å². The van der Waals surface area contributed by atoms with Gasteiger partial charge in [-0.25, -0.2) is 0 Å². The molecule has 0 bridgehead atoms. The predicted molar refractivity (Wildman–Crippen MR) is 121 cm³/mol. The van der Waals surface area contributed by atoms with Crippen LogP contribution in [0.4, 0.5) is 0 Å². The first-order valence-electron chi connectivity index (χ1n) is 9.06. The molecule has 2 rings (SSSR count). The number of aliphatic imine (C=N–C) groups is 1. The number of benzene rings is 1. The summed E-state index contributed by atoms with van der Waals surface area (Å²) in [5.41, 5.74) is 1.19. The maximum atomic E-state index is 5.95. The lowest BCUT2D eigenvalue weighted by Gasteiger charge is -2.22. The van der Waals surface area contributed by atoms with Crippen molar-refractivity contribution in [3.63, 3.8) is 0 Å². The Balaban J connectivity index is 0.00000364. The highest BCUT2D eigenvalue weighted by atomic mass is 127. The Labute approximate surface area is 183 Å². The Morgan fingerprint density at radius 1 is 1.30 bits per heavy atom. The van der Waals surface area contributed by atoms with Crippen LogP contribution in [0.1, 0.15) is 50.4 Å². The number of hydrogen-bond acceptors (Lipinski definition) is 4. The van der Waals surface area contributed by atoms with Crippen molar-refractivity contribution in [3.8, 4) is 0 Å². The highest BCUT2D eigenvalue weighted by Gasteiger charge is 2.10. The van der Waals surface area contributed by atoms with Gasteiger partial charge in [0.25, 0.3) is 0 Å². The van der Waals surface area contributed by atoms with Crippen LogP contribution in [0.25, 0.3) is 0 Å². The molecule has 1 N–H and O–H groups in total. The normalized spacial score (nSPS) is 11.4. The summed E-state index contributed by atoms with van der Waals surface area (Å²) in [6, 6.07) is 7.88. The van der Waals surface area contributed by atoms with Gasteiger partial charge in [-0.05, 0) is 31.0 Å². The van der Waals surface area contributed by atoms with Crippen LogP contribution in [0, 0.1) is 0 Å². The Hall–Kier alpha value is -1.35. The first-order valence-corrected chi connectivity index (χ1v) is 9.43. The monoisotopic (exact) mass is 505 g/mol. The maximum Gasteiger partial charge on any atom is 0.226 e. The Bertz CT molecular complexity index is 702. The Morgan fingerprint density at radius 3 is 2.59 bits per heavy atom. The minimum absolute atomic E-state index is 0. The summed E-state index contributed by atoms with van der Waals surface area (Å²) in [6.07, 6.45) is 1.60. The summed E-state index contributed by atoms with van der Waals surface area (Å²) in [7, 11) is 2.03. The second-order valence-corrected chi connectivity index (χ2v) is 6.96. The SMILES string of the molecule is CCNC(=NCCCc1nc(C(C)C)no1)N(C)Cc1ccc(Cl)cc1.I. The van der Waals surface area contributed by atoms with E-state index in [0.29, 0.717) is 12.4 Å². The number of aromatic nitrogens is 2. The molecule has 0 atom stereocenters. The number of aryl methyl sites for hydroxylation is 1. The van der Waals surface area contributed by atoms with E-state index in [2.05, 4.69) is 41.1 Å². The van der Waals surface area contributed by atoms with Crippen molar-refractivity contribution in [1.29, 1.82) is 0 Å². The van der Waals surface area contributed by atoms with Crippen LogP contribution >= 0.6 is 35.6 Å². The lowest BCUT2D eigenvalue weighted by Crippen LogP contribution is -2.38. The molecule has 1 aromatic carbocycles. The molecule has 0 saturated carbocycles. The molecule has 27 heavy (non-hydrogen) atoms. The summed E-state index contributed by atoms with van der Waals surface area (Å²) in [5.74, 6) is 2.62. The topological polar surface area (TPSA) is 66.5 Å². The molecule has 0 fully saturated rings. The zero-order valence-electron chi connectivity index (χ0n) is 16.4. The summed E-state index contributed by atoms with van der Waals surface area (Å²) < 4.78 is 5.27. The van der Waals surface area contributed by atoms with Gasteiger partial charge in [-0.3, -0.25) is 4.99 Å². The standard InChI is InChI=1S/C19H28ClN5O.HI/c1-5-21-19(25(4)13-15-8-10-16(20)11-9-15)22-12-6-7-17-23-18(14(2)3)24-26-17;/h8-11,14H,5-7,12-13H2,1-4H3,(H,21,22);1H. The Morgan fingerprint density at radius 2 is 2.00 bits per heavy atom. The quantitative estimate of drug-likeness (QED) is 0.248. The molecule has 0 aliphatic rings. The van der Waals surface area contributed by atoms with Gasteiger partial charge in [-0.2, -0.15) is 4.98 Å². The molecular weight excluding hydrogens is 477 g/mol. The lowest BCUT2D eigenvalue weighted by molar-refractivity contribution is 0.369. The fourth-order valence-electron chi connectivity index (χ4n) is 2.43. The molecule has 0 unspecified atom stereocenters. The zero-order valence-corrected chi connectivity index (χ0v) is 19.5. The molecule has 1 heterocycles. The average Bonchev–Trinajstić information content (AvgIpc) is 3.09. The van der Waals surface area contributed by atoms with Crippen LogP contribution in [0.5, 0.6) is 0 Å². The van der Waals surface area contributed by atoms with Gasteiger partial charge in [-0.15, -0.1) is 24.0 Å². The van der Waals surface area contributed by atoms with E-state index in [1.165, 1.54) is 5.56 Å². The van der Waals surface area contributed by atoms with Gasteiger partial charge in [0, 0.05) is 44.0 Å². The average molecular weight is 506 g/mol. The third-order valence-corrected chi connectivity index (χ3v) is 4.09. The van der Waals surface area contributed by atoms with Crippen molar-refractivity contribution in [1.82, 2.24) is 20.4 Å².